The lowest BCUT2D eigenvalue weighted by Gasteiger charge is -2.25. The fraction of sp³-hybridized carbons (Fsp3) is 0.625. The zero-order valence-corrected chi connectivity index (χ0v) is 12.9. The van der Waals surface area contributed by atoms with E-state index >= 15 is 0 Å². The molecule has 0 aliphatic carbocycles. The zero-order chi connectivity index (χ0) is 15.2. The molecule has 0 saturated carbocycles. The molecule has 114 valence electrons. The van der Waals surface area contributed by atoms with Gasteiger partial charge in [-0.2, -0.15) is 0 Å². The molecule has 1 aromatic rings. The van der Waals surface area contributed by atoms with Crippen molar-refractivity contribution in [1.82, 2.24) is 4.90 Å². The first kappa shape index (κ1) is 17.1. The van der Waals surface area contributed by atoms with Crippen molar-refractivity contribution in [3.63, 3.8) is 0 Å². The van der Waals surface area contributed by atoms with Crippen molar-refractivity contribution in [3.8, 4) is 0 Å². The van der Waals surface area contributed by atoms with Crippen LogP contribution in [0.2, 0.25) is 0 Å². The number of halogens is 1. The van der Waals surface area contributed by atoms with E-state index in [-0.39, 0.29) is 11.4 Å². The molecule has 0 heterocycles. The number of hydrogen-bond donors (Lipinski definition) is 1. The zero-order valence-electron chi connectivity index (χ0n) is 12.9. The summed E-state index contributed by atoms with van der Waals surface area (Å²) in [4.78, 5) is 2.06. The average molecular weight is 283 g/mol. The monoisotopic (exact) mass is 283 g/mol. The summed E-state index contributed by atoms with van der Waals surface area (Å²) in [7, 11) is 1.96. The lowest BCUT2D eigenvalue weighted by molar-refractivity contribution is -0.0545. The Kier molecular flexibility index (Phi) is 6.59. The van der Waals surface area contributed by atoms with Crippen LogP contribution in [0.5, 0.6) is 0 Å². The van der Waals surface area contributed by atoms with E-state index in [9.17, 15) is 9.50 Å². The molecule has 0 fully saturated rings. The summed E-state index contributed by atoms with van der Waals surface area (Å²) in [6, 6.07) is 6.54. The standard InChI is InChI=1S/C16H26FNO2/c1-16(2,3)20-12-15(19)11-18(4)10-9-13-5-7-14(17)8-6-13/h5-8,15,19H,9-12H2,1-4H3. The summed E-state index contributed by atoms with van der Waals surface area (Å²) in [5.74, 6) is -0.211. The normalized spacial score (nSPS) is 13.8. The second kappa shape index (κ2) is 7.72. The van der Waals surface area contributed by atoms with Gasteiger partial charge in [0.2, 0.25) is 0 Å². The van der Waals surface area contributed by atoms with Crippen molar-refractivity contribution >= 4 is 0 Å². The lowest BCUT2D eigenvalue weighted by Crippen LogP contribution is -2.35. The Morgan fingerprint density at radius 1 is 1.25 bits per heavy atom. The van der Waals surface area contributed by atoms with E-state index in [0.29, 0.717) is 13.2 Å². The van der Waals surface area contributed by atoms with Gasteiger partial charge in [0.05, 0.1) is 18.3 Å². The molecule has 0 aromatic heterocycles. The topological polar surface area (TPSA) is 32.7 Å². The maximum absolute atomic E-state index is 12.8. The lowest BCUT2D eigenvalue weighted by atomic mass is 10.1. The van der Waals surface area contributed by atoms with Crippen LogP contribution in [-0.2, 0) is 11.2 Å². The number of ether oxygens (including phenoxy) is 1. The van der Waals surface area contributed by atoms with E-state index in [1.807, 2.05) is 27.8 Å². The van der Waals surface area contributed by atoms with E-state index in [1.54, 1.807) is 12.1 Å². The molecule has 0 aliphatic heterocycles. The van der Waals surface area contributed by atoms with Gasteiger partial charge in [0, 0.05) is 13.1 Å². The SMILES string of the molecule is CN(CCc1ccc(F)cc1)CC(O)COC(C)(C)C. The van der Waals surface area contributed by atoms with E-state index in [1.165, 1.54) is 12.1 Å². The predicted octanol–water partition coefficient (Wildman–Crippen LogP) is 2.48. The van der Waals surface area contributed by atoms with E-state index < -0.39 is 6.10 Å². The first-order valence-electron chi connectivity index (χ1n) is 7.01. The van der Waals surface area contributed by atoms with Gasteiger partial charge in [0.15, 0.2) is 0 Å². The number of nitrogens with zero attached hydrogens (tertiary/aromatic N) is 1. The molecule has 0 amide bonds. The van der Waals surface area contributed by atoms with Crippen molar-refractivity contribution in [2.75, 3.05) is 26.7 Å². The summed E-state index contributed by atoms with van der Waals surface area (Å²) in [5.41, 5.74) is 0.867. The molecule has 0 radical (unpaired) electrons. The molecule has 0 aliphatic rings. The molecule has 0 saturated heterocycles. The van der Waals surface area contributed by atoms with Gasteiger partial charge in [-0.25, -0.2) is 4.39 Å². The first-order valence-corrected chi connectivity index (χ1v) is 7.01. The Hall–Kier alpha value is -0.970. The molecule has 0 bridgehead atoms. The van der Waals surface area contributed by atoms with Crippen LogP contribution in [0.1, 0.15) is 26.3 Å². The van der Waals surface area contributed by atoms with Crippen molar-refractivity contribution in [2.45, 2.75) is 38.9 Å². The van der Waals surface area contributed by atoms with Gasteiger partial charge < -0.3 is 14.7 Å². The van der Waals surface area contributed by atoms with Crippen LogP contribution in [0.25, 0.3) is 0 Å². The predicted molar refractivity (Wildman–Crippen MR) is 79.3 cm³/mol. The molecule has 1 atom stereocenters. The summed E-state index contributed by atoms with van der Waals surface area (Å²) in [6.07, 6.45) is 0.344. The van der Waals surface area contributed by atoms with Gasteiger partial charge in [0.1, 0.15) is 5.82 Å². The summed E-state index contributed by atoms with van der Waals surface area (Å²) >= 11 is 0. The molecule has 1 unspecified atom stereocenters. The van der Waals surface area contributed by atoms with Crippen LogP contribution < -0.4 is 0 Å². The molecule has 20 heavy (non-hydrogen) atoms. The van der Waals surface area contributed by atoms with Gasteiger partial charge in [-0.1, -0.05) is 12.1 Å². The molecule has 0 spiro atoms. The highest BCUT2D eigenvalue weighted by atomic mass is 19.1. The minimum atomic E-state index is -0.493. The van der Waals surface area contributed by atoms with Crippen molar-refractivity contribution in [1.29, 1.82) is 0 Å². The number of aliphatic hydroxyl groups is 1. The van der Waals surface area contributed by atoms with Gasteiger partial charge in [-0.3, -0.25) is 0 Å². The van der Waals surface area contributed by atoms with Crippen LogP contribution in [0, 0.1) is 5.82 Å². The summed E-state index contributed by atoms with van der Waals surface area (Å²) < 4.78 is 18.3. The Morgan fingerprint density at radius 2 is 1.85 bits per heavy atom. The minimum absolute atomic E-state index is 0.211. The molecule has 1 N–H and O–H groups in total. The molecule has 4 heteroatoms. The maximum Gasteiger partial charge on any atom is 0.123 e. The fourth-order valence-corrected chi connectivity index (χ4v) is 1.82. The van der Waals surface area contributed by atoms with Crippen molar-refractivity contribution in [2.24, 2.45) is 0 Å². The number of aliphatic hydroxyl groups excluding tert-OH is 1. The van der Waals surface area contributed by atoms with Crippen molar-refractivity contribution in [3.05, 3.63) is 35.6 Å². The van der Waals surface area contributed by atoms with Crippen LogP contribution in [0.3, 0.4) is 0 Å². The van der Waals surface area contributed by atoms with Gasteiger partial charge in [-0.15, -0.1) is 0 Å². The highest BCUT2D eigenvalue weighted by Crippen LogP contribution is 2.08. The molecule has 3 nitrogen and oxygen atoms in total. The largest absolute Gasteiger partial charge is 0.389 e. The first-order chi connectivity index (χ1) is 9.26. The average Bonchev–Trinajstić information content (AvgIpc) is 2.35. The Morgan fingerprint density at radius 3 is 2.40 bits per heavy atom. The second-order valence-corrected chi connectivity index (χ2v) is 6.22. The number of benzene rings is 1. The van der Waals surface area contributed by atoms with Crippen LogP contribution in [0.15, 0.2) is 24.3 Å². The third-order valence-electron chi connectivity index (χ3n) is 2.93. The Labute approximate surface area is 121 Å². The number of hydrogen-bond acceptors (Lipinski definition) is 3. The van der Waals surface area contributed by atoms with E-state index in [0.717, 1.165) is 18.5 Å². The highest BCUT2D eigenvalue weighted by Gasteiger charge is 2.14. The van der Waals surface area contributed by atoms with Crippen molar-refractivity contribution < 1.29 is 14.2 Å². The van der Waals surface area contributed by atoms with Gasteiger partial charge in [0.25, 0.3) is 0 Å². The third kappa shape index (κ3) is 7.58. The number of rotatable bonds is 7. The smallest absolute Gasteiger partial charge is 0.123 e. The summed E-state index contributed by atoms with van der Waals surface area (Å²) in [6.45, 7) is 7.63. The quantitative estimate of drug-likeness (QED) is 0.834. The van der Waals surface area contributed by atoms with Crippen LogP contribution in [0.4, 0.5) is 4.39 Å². The molecular weight excluding hydrogens is 257 g/mol. The maximum atomic E-state index is 12.8. The van der Waals surface area contributed by atoms with Crippen LogP contribution >= 0.6 is 0 Å². The van der Waals surface area contributed by atoms with E-state index in [2.05, 4.69) is 4.90 Å². The molecule has 1 rings (SSSR count). The Balaban J connectivity index is 2.25. The second-order valence-electron chi connectivity index (χ2n) is 6.22. The Bertz CT molecular complexity index is 386. The van der Waals surface area contributed by atoms with Gasteiger partial charge >= 0.3 is 0 Å². The number of likely N-dealkylation sites (N-methyl/N-ethyl adjacent to an activating group) is 1. The fourth-order valence-electron chi connectivity index (χ4n) is 1.82. The molecule has 1 aromatic carbocycles. The van der Waals surface area contributed by atoms with Crippen LogP contribution in [-0.4, -0.2) is 48.5 Å². The summed E-state index contributed by atoms with van der Waals surface area (Å²) in [5, 5.41) is 9.90. The van der Waals surface area contributed by atoms with E-state index in [4.69, 9.17) is 4.74 Å². The minimum Gasteiger partial charge on any atom is -0.389 e. The van der Waals surface area contributed by atoms with Gasteiger partial charge in [-0.05, 0) is 51.9 Å². The molecular formula is C16H26FNO2. The third-order valence-corrected chi connectivity index (χ3v) is 2.93. The highest BCUT2D eigenvalue weighted by molar-refractivity contribution is 5.16.